The van der Waals surface area contributed by atoms with Crippen LogP contribution in [0.25, 0.3) is 11.3 Å². The summed E-state index contributed by atoms with van der Waals surface area (Å²) in [5.74, 6) is 0.818. The maximum absolute atomic E-state index is 9.99. The number of anilines is 2. The molecular weight excluding hydrogens is 396 g/mol. The van der Waals surface area contributed by atoms with Gasteiger partial charge in [-0.3, -0.25) is 4.98 Å². The number of nitrogens with zero attached hydrogens (tertiary/aromatic N) is 4. The Morgan fingerprint density at radius 2 is 1.16 bits per heavy atom. The maximum atomic E-state index is 9.99. The predicted molar refractivity (Wildman–Crippen MR) is 124 cm³/mol. The number of aromatic nitrogens is 2. The molecule has 0 aliphatic carbocycles. The van der Waals surface area contributed by atoms with Crippen molar-refractivity contribution in [2.45, 2.75) is 13.1 Å². The Labute approximate surface area is 186 Å². The molecular formula is C26H20N6. The van der Waals surface area contributed by atoms with Crippen molar-refractivity contribution in [3.8, 4) is 23.4 Å². The van der Waals surface area contributed by atoms with Crippen molar-refractivity contribution in [3.63, 3.8) is 0 Å². The molecule has 0 saturated carbocycles. The smallest absolute Gasteiger partial charge is 0.147 e. The van der Waals surface area contributed by atoms with Gasteiger partial charge in [0.2, 0.25) is 0 Å². The topological polar surface area (TPSA) is 97.4 Å². The Morgan fingerprint density at radius 1 is 0.656 bits per heavy atom. The van der Waals surface area contributed by atoms with E-state index in [4.69, 9.17) is 0 Å². The van der Waals surface area contributed by atoms with E-state index in [9.17, 15) is 10.5 Å². The highest BCUT2D eigenvalue weighted by molar-refractivity contribution is 5.84. The van der Waals surface area contributed by atoms with Crippen LogP contribution in [-0.4, -0.2) is 9.97 Å². The predicted octanol–water partition coefficient (Wildman–Crippen LogP) is 5.11. The summed E-state index contributed by atoms with van der Waals surface area (Å²) in [4.78, 5) is 9.04. The molecule has 0 spiro atoms. The van der Waals surface area contributed by atoms with Crippen molar-refractivity contribution < 1.29 is 0 Å². The first-order chi connectivity index (χ1) is 15.8. The van der Waals surface area contributed by atoms with E-state index < -0.39 is 0 Å². The van der Waals surface area contributed by atoms with E-state index in [1.807, 2.05) is 66.7 Å². The highest BCUT2D eigenvalue weighted by Crippen LogP contribution is 2.34. The number of nitrogens with one attached hydrogen (secondary N) is 2. The molecule has 0 saturated heterocycles. The minimum Gasteiger partial charge on any atom is -0.365 e. The van der Waals surface area contributed by atoms with Gasteiger partial charge in [0, 0.05) is 24.8 Å². The molecule has 2 N–H and O–H groups in total. The molecule has 32 heavy (non-hydrogen) atoms. The van der Waals surface area contributed by atoms with Crippen molar-refractivity contribution in [3.05, 3.63) is 107 Å². The van der Waals surface area contributed by atoms with Crippen LogP contribution in [0.5, 0.6) is 0 Å². The van der Waals surface area contributed by atoms with E-state index in [2.05, 4.69) is 32.7 Å². The van der Waals surface area contributed by atoms with Crippen LogP contribution < -0.4 is 10.6 Å². The van der Waals surface area contributed by atoms with Crippen LogP contribution in [0.2, 0.25) is 0 Å². The Balaban J connectivity index is 1.79. The third-order valence-electron chi connectivity index (χ3n) is 4.95. The van der Waals surface area contributed by atoms with Crippen molar-refractivity contribution in [2.24, 2.45) is 0 Å². The van der Waals surface area contributed by atoms with Gasteiger partial charge in [0.1, 0.15) is 34.9 Å². The fraction of sp³-hybridized carbons (Fsp3) is 0.0769. The normalized spacial score (nSPS) is 10.1. The maximum Gasteiger partial charge on any atom is 0.147 e. The van der Waals surface area contributed by atoms with E-state index >= 15 is 0 Å². The fourth-order valence-corrected chi connectivity index (χ4v) is 3.39. The molecule has 4 rings (SSSR count). The van der Waals surface area contributed by atoms with Gasteiger partial charge >= 0.3 is 0 Å². The molecule has 154 valence electrons. The molecule has 6 heteroatoms. The number of benzene rings is 2. The Morgan fingerprint density at radius 3 is 1.59 bits per heavy atom. The highest BCUT2D eigenvalue weighted by Gasteiger charge is 2.22. The summed E-state index contributed by atoms with van der Waals surface area (Å²) in [5.41, 5.74) is 3.72. The Bertz CT molecular complexity index is 1190. The van der Waals surface area contributed by atoms with E-state index in [1.165, 1.54) is 0 Å². The van der Waals surface area contributed by atoms with E-state index in [1.54, 1.807) is 18.3 Å². The lowest BCUT2D eigenvalue weighted by Gasteiger charge is -2.17. The van der Waals surface area contributed by atoms with E-state index in [0.29, 0.717) is 47.1 Å². The molecule has 2 aromatic carbocycles. The van der Waals surface area contributed by atoms with Crippen LogP contribution in [0, 0.1) is 22.7 Å². The average Bonchev–Trinajstić information content (AvgIpc) is 2.87. The molecule has 0 fully saturated rings. The molecule has 0 bridgehead atoms. The monoisotopic (exact) mass is 416 g/mol. The second-order valence-electron chi connectivity index (χ2n) is 7.05. The van der Waals surface area contributed by atoms with Crippen molar-refractivity contribution in [2.75, 3.05) is 10.6 Å². The lowest BCUT2D eigenvalue weighted by atomic mass is 9.99. The third kappa shape index (κ3) is 4.56. The number of hydrogen-bond acceptors (Lipinski definition) is 6. The Kier molecular flexibility index (Phi) is 6.36. The molecule has 0 atom stereocenters. The van der Waals surface area contributed by atoms with Gasteiger partial charge in [-0.25, -0.2) is 4.98 Å². The first-order valence-corrected chi connectivity index (χ1v) is 10.2. The highest BCUT2D eigenvalue weighted by atomic mass is 15.1. The number of pyridine rings is 2. The SMILES string of the molecule is N#Cc1c(NCc2ccccc2)nc(NCc2ccccc2)c(C#N)c1-c1ccccn1. The first kappa shape index (κ1) is 20.6. The minimum absolute atomic E-state index is 0.293. The first-order valence-electron chi connectivity index (χ1n) is 10.2. The zero-order valence-electron chi connectivity index (χ0n) is 17.3. The van der Waals surface area contributed by atoms with Crippen LogP contribution in [-0.2, 0) is 13.1 Å². The summed E-state index contributed by atoms with van der Waals surface area (Å²) in [6.07, 6.45) is 1.65. The Hall–Kier alpha value is -4.68. The molecule has 2 aromatic heterocycles. The van der Waals surface area contributed by atoms with Crippen LogP contribution in [0.4, 0.5) is 11.6 Å². The number of hydrogen-bond donors (Lipinski definition) is 2. The lowest BCUT2D eigenvalue weighted by molar-refractivity contribution is 1.07. The summed E-state index contributed by atoms with van der Waals surface area (Å²) in [6.45, 7) is 0.988. The van der Waals surface area contributed by atoms with Crippen LogP contribution in [0.3, 0.4) is 0 Å². The minimum atomic E-state index is 0.293. The van der Waals surface area contributed by atoms with Gasteiger partial charge in [0.15, 0.2) is 0 Å². The van der Waals surface area contributed by atoms with Gasteiger partial charge in [-0.1, -0.05) is 66.7 Å². The molecule has 4 aromatic rings. The summed E-state index contributed by atoms with van der Waals surface area (Å²) >= 11 is 0. The largest absolute Gasteiger partial charge is 0.365 e. The molecule has 0 aliphatic heterocycles. The number of nitriles is 2. The van der Waals surface area contributed by atoms with Gasteiger partial charge in [-0.05, 0) is 23.3 Å². The lowest BCUT2D eigenvalue weighted by Crippen LogP contribution is -2.11. The summed E-state index contributed by atoms with van der Waals surface area (Å²) in [5, 5.41) is 26.5. The van der Waals surface area contributed by atoms with Gasteiger partial charge in [-0.2, -0.15) is 10.5 Å². The second-order valence-corrected chi connectivity index (χ2v) is 7.05. The summed E-state index contributed by atoms with van der Waals surface area (Å²) in [6, 6.07) is 29.6. The van der Waals surface area contributed by atoms with Crippen LogP contribution in [0.1, 0.15) is 22.3 Å². The summed E-state index contributed by atoms with van der Waals surface area (Å²) in [7, 11) is 0. The van der Waals surface area contributed by atoms with Crippen LogP contribution >= 0.6 is 0 Å². The third-order valence-corrected chi connectivity index (χ3v) is 4.95. The van der Waals surface area contributed by atoms with Gasteiger partial charge < -0.3 is 10.6 Å². The van der Waals surface area contributed by atoms with Crippen molar-refractivity contribution in [1.29, 1.82) is 10.5 Å². The molecule has 6 nitrogen and oxygen atoms in total. The zero-order chi connectivity index (χ0) is 22.2. The van der Waals surface area contributed by atoms with E-state index in [0.717, 1.165) is 11.1 Å². The van der Waals surface area contributed by atoms with Crippen LogP contribution in [0.15, 0.2) is 85.1 Å². The summed E-state index contributed by atoms with van der Waals surface area (Å²) < 4.78 is 0. The fourth-order valence-electron chi connectivity index (χ4n) is 3.39. The molecule has 0 radical (unpaired) electrons. The standard InChI is InChI=1S/C26H20N6/c27-15-21-24(23-13-7-8-14-29-23)22(16-28)26(31-18-20-11-5-2-6-12-20)32-25(21)30-17-19-9-3-1-4-10-19/h1-14H,17-18H2,(H2,30,31,32). The zero-order valence-corrected chi connectivity index (χ0v) is 17.3. The molecule has 0 unspecified atom stereocenters. The average molecular weight is 416 g/mol. The van der Waals surface area contributed by atoms with Gasteiger partial charge in [0.25, 0.3) is 0 Å². The second kappa shape index (κ2) is 9.88. The molecule has 0 aliphatic rings. The number of rotatable bonds is 7. The molecule has 2 heterocycles. The van der Waals surface area contributed by atoms with E-state index in [-0.39, 0.29) is 0 Å². The van der Waals surface area contributed by atoms with Crippen molar-refractivity contribution >= 4 is 11.6 Å². The molecule has 0 amide bonds. The quantitative estimate of drug-likeness (QED) is 0.434. The van der Waals surface area contributed by atoms with Crippen molar-refractivity contribution in [1.82, 2.24) is 9.97 Å². The van der Waals surface area contributed by atoms with Gasteiger partial charge in [0.05, 0.1) is 5.69 Å². The van der Waals surface area contributed by atoms with Gasteiger partial charge in [-0.15, -0.1) is 0 Å².